The number of primary amides is 1. The predicted octanol–water partition coefficient (Wildman–Crippen LogP) is 0.130. The Morgan fingerprint density at radius 1 is 1.04 bits per heavy atom. The lowest BCUT2D eigenvalue weighted by Crippen LogP contribution is -2.52. The van der Waals surface area contributed by atoms with Gasteiger partial charge in [0.2, 0.25) is 0 Å². The van der Waals surface area contributed by atoms with Gasteiger partial charge in [-0.25, -0.2) is 14.5 Å². The van der Waals surface area contributed by atoms with Gasteiger partial charge in [-0.05, 0) is 35.4 Å². The number of phenols is 1. The SMILES string of the molecule is NCC(=O)Oc1ccc(C2(c3ccc(O)cc3)C(=O)NC(=O)N2C(N)=O)cc1. The molecule has 0 bridgehead atoms. The predicted molar refractivity (Wildman–Crippen MR) is 95.0 cm³/mol. The molecule has 1 saturated heterocycles. The van der Waals surface area contributed by atoms with Crippen LogP contribution in [0.5, 0.6) is 11.5 Å². The molecule has 6 N–H and O–H groups in total. The number of nitrogens with two attached hydrogens (primary N) is 2. The van der Waals surface area contributed by atoms with Crippen LogP contribution < -0.4 is 21.5 Å². The normalized spacial score (nSPS) is 18.7. The number of nitrogens with zero attached hydrogens (tertiary/aromatic N) is 1. The number of phenolic OH excluding ortho intramolecular Hbond substituents is 1. The Balaban J connectivity index is 2.18. The zero-order valence-electron chi connectivity index (χ0n) is 14.4. The molecule has 1 heterocycles. The largest absolute Gasteiger partial charge is 0.508 e. The first-order valence-corrected chi connectivity index (χ1v) is 8.06. The summed E-state index contributed by atoms with van der Waals surface area (Å²) < 4.78 is 4.99. The van der Waals surface area contributed by atoms with Gasteiger partial charge in [-0.1, -0.05) is 24.3 Å². The van der Waals surface area contributed by atoms with E-state index in [1.54, 1.807) is 0 Å². The van der Waals surface area contributed by atoms with Crippen LogP contribution in [0.25, 0.3) is 0 Å². The van der Waals surface area contributed by atoms with E-state index >= 15 is 0 Å². The number of hydrogen-bond acceptors (Lipinski definition) is 7. The highest BCUT2D eigenvalue weighted by Crippen LogP contribution is 2.40. The Bertz CT molecular complexity index is 957. The summed E-state index contributed by atoms with van der Waals surface area (Å²) in [5.74, 6) is -1.36. The third kappa shape index (κ3) is 2.91. The molecule has 0 aliphatic carbocycles. The summed E-state index contributed by atoms with van der Waals surface area (Å²) in [5, 5.41) is 11.6. The number of imide groups is 2. The molecule has 0 aromatic heterocycles. The minimum absolute atomic E-state index is 0.0710. The van der Waals surface area contributed by atoms with Crippen LogP contribution in [0.4, 0.5) is 9.59 Å². The second-order valence-electron chi connectivity index (χ2n) is 5.89. The first kappa shape index (κ1) is 18.9. The zero-order chi connectivity index (χ0) is 20.5. The van der Waals surface area contributed by atoms with E-state index in [1.807, 2.05) is 0 Å². The van der Waals surface area contributed by atoms with Crippen LogP contribution in [0.15, 0.2) is 48.5 Å². The van der Waals surface area contributed by atoms with Crippen LogP contribution in [-0.2, 0) is 15.1 Å². The number of rotatable bonds is 4. The van der Waals surface area contributed by atoms with E-state index in [0.717, 1.165) is 0 Å². The van der Waals surface area contributed by atoms with Gasteiger partial charge in [0.1, 0.15) is 11.5 Å². The number of esters is 1. The highest BCUT2D eigenvalue weighted by molar-refractivity contribution is 6.15. The van der Waals surface area contributed by atoms with Gasteiger partial charge in [0.05, 0.1) is 6.54 Å². The maximum Gasteiger partial charge on any atom is 0.333 e. The average Bonchev–Trinajstić information content (AvgIpc) is 2.93. The molecule has 28 heavy (non-hydrogen) atoms. The summed E-state index contributed by atoms with van der Waals surface area (Å²) in [7, 11) is 0. The highest BCUT2D eigenvalue weighted by Gasteiger charge is 2.58. The minimum atomic E-state index is -1.90. The van der Waals surface area contributed by atoms with Gasteiger partial charge >= 0.3 is 18.0 Å². The fraction of sp³-hybridized carbons (Fsp3) is 0.111. The molecule has 1 atom stereocenters. The van der Waals surface area contributed by atoms with Crippen molar-refractivity contribution in [3.8, 4) is 11.5 Å². The smallest absolute Gasteiger partial charge is 0.333 e. The summed E-state index contributed by atoms with van der Waals surface area (Å²) in [6, 6.07) is 8.89. The van der Waals surface area contributed by atoms with Crippen molar-refractivity contribution in [3.05, 3.63) is 59.7 Å². The van der Waals surface area contributed by atoms with Crippen molar-refractivity contribution >= 4 is 23.9 Å². The van der Waals surface area contributed by atoms with Crippen molar-refractivity contribution < 1.29 is 29.0 Å². The van der Waals surface area contributed by atoms with Gasteiger partial charge in [-0.2, -0.15) is 0 Å². The molecule has 10 nitrogen and oxygen atoms in total. The number of benzene rings is 2. The van der Waals surface area contributed by atoms with Crippen molar-refractivity contribution in [2.45, 2.75) is 5.54 Å². The average molecular weight is 384 g/mol. The third-order valence-corrected chi connectivity index (χ3v) is 4.26. The summed E-state index contributed by atoms with van der Waals surface area (Å²) in [6.07, 6.45) is 0. The maximum absolute atomic E-state index is 12.9. The lowest BCUT2D eigenvalue weighted by atomic mass is 9.81. The number of urea groups is 2. The third-order valence-electron chi connectivity index (χ3n) is 4.26. The molecule has 0 saturated carbocycles. The molecule has 3 rings (SSSR count). The van der Waals surface area contributed by atoms with Gasteiger partial charge in [0.25, 0.3) is 5.91 Å². The summed E-state index contributed by atoms with van der Waals surface area (Å²) in [6.45, 7) is -0.314. The number of carbonyl (C=O) groups excluding carboxylic acids is 4. The Kier molecular flexibility index (Phi) is 4.72. The van der Waals surface area contributed by atoms with Gasteiger partial charge in [0.15, 0.2) is 5.54 Å². The molecule has 10 heteroatoms. The van der Waals surface area contributed by atoms with Crippen molar-refractivity contribution in [1.29, 1.82) is 0 Å². The van der Waals surface area contributed by atoms with E-state index in [-0.39, 0.29) is 29.2 Å². The van der Waals surface area contributed by atoms with Crippen LogP contribution in [0.2, 0.25) is 0 Å². The van der Waals surface area contributed by atoms with Gasteiger partial charge in [0, 0.05) is 0 Å². The van der Waals surface area contributed by atoms with Gasteiger partial charge < -0.3 is 21.3 Å². The fourth-order valence-corrected chi connectivity index (χ4v) is 3.09. The van der Waals surface area contributed by atoms with Crippen molar-refractivity contribution in [2.24, 2.45) is 11.5 Å². The molecular formula is C18H16N4O6. The summed E-state index contributed by atoms with van der Waals surface area (Å²) in [5.41, 5.74) is 9.13. The Morgan fingerprint density at radius 3 is 2.07 bits per heavy atom. The second-order valence-corrected chi connectivity index (χ2v) is 5.89. The topological polar surface area (TPSA) is 165 Å². The molecular weight excluding hydrogens is 368 g/mol. The van der Waals surface area contributed by atoms with Gasteiger partial charge in [-0.15, -0.1) is 0 Å². The van der Waals surface area contributed by atoms with Crippen LogP contribution in [0.3, 0.4) is 0 Å². The van der Waals surface area contributed by atoms with Crippen molar-refractivity contribution in [3.63, 3.8) is 0 Å². The zero-order valence-corrected chi connectivity index (χ0v) is 14.4. The number of ether oxygens (including phenoxy) is 1. The van der Waals surface area contributed by atoms with E-state index < -0.39 is 29.5 Å². The lowest BCUT2D eigenvalue weighted by molar-refractivity contribution is -0.132. The first-order chi connectivity index (χ1) is 13.3. The van der Waals surface area contributed by atoms with Crippen LogP contribution in [0.1, 0.15) is 11.1 Å². The minimum Gasteiger partial charge on any atom is -0.508 e. The van der Waals surface area contributed by atoms with Crippen molar-refractivity contribution in [1.82, 2.24) is 10.2 Å². The number of amides is 5. The Morgan fingerprint density at radius 2 is 1.57 bits per heavy atom. The van der Waals surface area contributed by atoms with E-state index in [0.29, 0.717) is 4.90 Å². The second kappa shape index (κ2) is 7.00. The number of hydrogen-bond donors (Lipinski definition) is 4. The molecule has 1 fully saturated rings. The molecule has 1 aliphatic heterocycles. The van der Waals surface area contributed by atoms with Crippen LogP contribution in [0, 0.1) is 0 Å². The van der Waals surface area contributed by atoms with Crippen LogP contribution >= 0.6 is 0 Å². The lowest BCUT2D eigenvalue weighted by Gasteiger charge is -2.33. The Hall–Kier alpha value is -3.92. The fourth-order valence-electron chi connectivity index (χ4n) is 3.09. The molecule has 2 aromatic rings. The first-order valence-electron chi connectivity index (χ1n) is 8.06. The van der Waals surface area contributed by atoms with Crippen LogP contribution in [-0.4, -0.2) is 40.5 Å². The molecule has 2 aromatic carbocycles. The van der Waals surface area contributed by atoms with E-state index in [2.05, 4.69) is 5.32 Å². The van der Waals surface area contributed by atoms with E-state index in [4.69, 9.17) is 16.2 Å². The molecule has 0 radical (unpaired) electrons. The summed E-state index contributed by atoms with van der Waals surface area (Å²) in [4.78, 5) is 49.1. The quantitative estimate of drug-likeness (QED) is 0.330. The maximum atomic E-state index is 12.9. The van der Waals surface area contributed by atoms with Crippen molar-refractivity contribution in [2.75, 3.05) is 6.54 Å². The highest BCUT2D eigenvalue weighted by atomic mass is 16.5. The molecule has 5 amide bonds. The van der Waals surface area contributed by atoms with E-state index in [9.17, 15) is 24.3 Å². The molecule has 1 unspecified atom stereocenters. The number of nitrogens with one attached hydrogen (secondary N) is 1. The number of carbonyl (C=O) groups is 4. The standard InChI is InChI=1S/C18H16N4O6/c19-9-14(24)28-13-7-3-11(4-8-13)18(10-1-5-12(23)6-2-10)15(25)21-17(27)22(18)16(20)26/h1-8,23H,9,19H2,(H2,20,26)(H,21,25,27). The van der Waals surface area contributed by atoms with E-state index in [1.165, 1.54) is 48.5 Å². The monoisotopic (exact) mass is 384 g/mol. The Labute approximate surface area is 158 Å². The molecule has 144 valence electrons. The number of aromatic hydroxyl groups is 1. The molecule has 1 aliphatic rings. The molecule has 0 spiro atoms. The summed E-state index contributed by atoms with van der Waals surface area (Å²) >= 11 is 0. The van der Waals surface area contributed by atoms with Gasteiger partial charge in [-0.3, -0.25) is 14.9 Å².